The fourth-order valence-electron chi connectivity index (χ4n) is 5.08. The van der Waals surface area contributed by atoms with Crippen LogP contribution in [0, 0.1) is 0 Å². The fraction of sp³-hybridized carbons (Fsp3) is 0.200. The summed E-state index contributed by atoms with van der Waals surface area (Å²) < 4.78 is 22.5. The van der Waals surface area contributed by atoms with Crippen molar-refractivity contribution in [3.63, 3.8) is 0 Å². The molecule has 1 aliphatic heterocycles. The number of benzene rings is 4. The van der Waals surface area contributed by atoms with Gasteiger partial charge < -0.3 is 29.6 Å². The van der Waals surface area contributed by atoms with Gasteiger partial charge in [-0.25, -0.2) is 15.0 Å². The van der Waals surface area contributed by atoms with Gasteiger partial charge in [0.1, 0.15) is 12.4 Å². The lowest BCUT2D eigenvalue weighted by Crippen LogP contribution is -2.45. The number of hydrogen-bond donors (Lipinski definition) is 3. The van der Waals surface area contributed by atoms with Crippen molar-refractivity contribution in [2.75, 3.05) is 20.3 Å². The Kier molecular flexibility index (Phi) is 11.0. The molecule has 13 heteroatoms. The molecule has 0 aliphatic carbocycles. The normalized spacial score (nSPS) is 14.4. The van der Waals surface area contributed by atoms with Crippen molar-refractivity contribution < 1.29 is 33.3 Å². The maximum atomic E-state index is 12.7. The van der Waals surface area contributed by atoms with Crippen LogP contribution in [0.4, 0.5) is 4.79 Å². The van der Waals surface area contributed by atoms with Crippen molar-refractivity contribution >= 4 is 58.1 Å². The van der Waals surface area contributed by atoms with Gasteiger partial charge in [0.05, 0.1) is 41.6 Å². The summed E-state index contributed by atoms with van der Waals surface area (Å²) in [4.78, 5) is 37.6. The smallest absolute Gasteiger partial charge is 0.338 e. The highest BCUT2D eigenvalue weighted by Crippen LogP contribution is 2.35. The molecule has 248 valence electrons. The number of nitrogens with one attached hydrogen (secondary N) is 3. The molecule has 1 heterocycles. The first-order chi connectivity index (χ1) is 23.2. The molecule has 0 aromatic heterocycles. The molecule has 0 fully saturated rings. The van der Waals surface area contributed by atoms with Crippen LogP contribution in [-0.4, -0.2) is 44.4 Å². The maximum absolute atomic E-state index is 12.7. The molecule has 3 amide bonds. The molecular weight excluding hydrogens is 659 g/mol. The van der Waals surface area contributed by atoms with Crippen LogP contribution in [0.15, 0.2) is 89.2 Å². The molecule has 1 atom stereocenters. The van der Waals surface area contributed by atoms with Gasteiger partial charge in [-0.3, -0.25) is 4.79 Å². The van der Waals surface area contributed by atoms with Crippen molar-refractivity contribution in [2.45, 2.75) is 26.5 Å². The molecule has 0 bridgehead atoms. The molecule has 0 unspecified atom stereocenters. The van der Waals surface area contributed by atoms with Crippen LogP contribution in [0.1, 0.15) is 36.6 Å². The number of hydrazone groups is 1. The second-order valence-corrected chi connectivity index (χ2v) is 11.3. The van der Waals surface area contributed by atoms with Gasteiger partial charge >= 0.3 is 12.0 Å². The van der Waals surface area contributed by atoms with E-state index >= 15 is 0 Å². The number of allylic oxidation sites excluding steroid dienone is 1. The second-order valence-electron chi connectivity index (χ2n) is 10.5. The number of ether oxygens (including phenoxy) is 4. The molecule has 1 aliphatic rings. The van der Waals surface area contributed by atoms with Crippen LogP contribution < -0.4 is 30.3 Å². The molecule has 48 heavy (non-hydrogen) atoms. The lowest BCUT2D eigenvalue weighted by molar-refractivity contribution is -0.139. The summed E-state index contributed by atoms with van der Waals surface area (Å²) in [5.74, 6) is 0.0327. The zero-order valence-electron chi connectivity index (χ0n) is 26.3. The van der Waals surface area contributed by atoms with Crippen LogP contribution in [0.5, 0.6) is 17.2 Å². The van der Waals surface area contributed by atoms with Gasteiger partial charge in [0.2, 0.25) is 0 Å². The van der Waals surface area contributed by atoms with Crippen LogP contribution >= 0.6 is 23.2 Å². The Morgan fingerprint density at radius 2 is 1.75 bits per heavy atom. The van der Waals surface area contributed by atoms with E-state index in [1.165, 1.54) is 13.3 Å². The van der Waals surface area contributed by atoms with Crippen molar-refractivity contribution in [3.05, 3.63) is 111 Å². The zero-order valence-corrected chi connectivity index (χ0v) is 27.8. The average molecular weight is 692 g/mol. The summed E-state index contributed by atoms with van der Waals surface area (Å²) in [5.41, 5.74) is 5.19. The molecule has 0 spiro atoms. The third kappa shape index (κ3) is 7.99. The SMILES string of the molecule is CCOC(=O)C1=C(C)NC(=O)N[C@H]1c1ccc(OCC(=O)N/N=C/c2c(OCc3ccc(Cl)c(Cl)c3)ccc3ccccc23)c(OC)c1. The Labute approximate surface area is 286 Å². The first-order valence-corrected chi connectivity index (χ1v) is 15.6. The Bertz CT molecular complexity index is 1930. The van der Waals surface area contributed by atoms with Gasteiger partial charge in [0.25, 0.3) is 5.91 Å². The number of halogens is 2. The highest BCUT2D eigenvalue weighted by molar-refractivity contribution is 6.42. The number of esters is 1. The minimum atomic E-state index is -0.787. The number of urea groups is 1. The van der Waals surface area contributed by atoms with E-state index < -0.39 is 23.9 Å². The Morgan fingerprint density at radius 1 is 0.958 bits per heavy atom. The first-order valence-electron chi connectivity index (χ1n) is 14.8. The quantitative estimate of drug-likeness (QED) is 0.0882. The van der Waals surface area contributed by atoms with Gasteiger partial charge in [-0.05, 0) is 66.1 Å². The largest absolute Gasteiger partial charge is 0.493 e. The summed E-state index contributed by atoms with van der Waals surface area (Å²) in [7, 11) is 1.44. The third-order valence-electron chi connectivity index (χ3n) is 7.34. The van der Waals surface area contributed by atoms with Crippen molar-refractivity contribution in [1.82, 2.24) is 16.1 Å². The van der Waals surface area contributed by atoms with Gasteiger partial charge in [0, 0.05) is 11.3 Å². The van der Waals surface area contributed by atoms with E-state index in [1.807, 2.05) is 42.5 Å². The number of rotatable bonds is 12. The summed E-state index contributed by atoms with van der Waals surface area (Å²) in [6.45, 7) is 3.36. The number of carbonyl (C=O) groups excluding carboxylic acids is 3. The van der Waals surface area contributed by atoms with E-state index in [0.29, 0.717) is 32.6 Å². The Balaban J connectivity index is 1.27. The van der Waals surface area contributed by atoms with Crippen molar-refractivity contribution in [1.29, 1.82) is 0 Å². The van der Waals surface area contributed by atoms with E-state index in [2.05, 4.69) is 21.2 Å². The lowest BCUT2D eigenvalue weighted by atomic mass is 9.95. The molecule has 0 saturated carbocycles. The number of amides is 3. The minimum absolute atomic E-state index is 0.176. The molecule has 0 saturated heterocycles. The highest BCUT2D eigenvalue weighted by atomic mass is 35.5. The number of methoxy groups -OCH3 is 1. The maximum Gasteiger partial charge on any atom is 0.338 e. The van der Waals surface area contributed by atoms with E-state index in [9.17, 15) is 14.4 Å². The predicted molar refractivity (Wildman–Crippen MR) is 183 cm³/mol. The van der Waals surface area contributed by atoms with Crippen molar-refractivity contribution in [3.8, 4) is 17.2 Å². The Morgan fingerprint density at radius 3 is 2.52 bits per heavy atom. The molecule has 4 aromatic carbocycles. The molecule has 5 rings (SSSR count). The van der Waals surface area contributed by atoms with Crippen LogP contribution in [0.3, 0.4) is 0 Å². The number of hydrogen-bond acceptors (Lipinski definition) is 8. The second kappa shape index (κ2) is 15.6. The van der Waals surface area contributed by atoms with Crippen molar-refractivity contribution in [2.24, 2.45) is 5.10 Å². The highest BCUT2D eigenvalue weighted by Gasteiger charge is 2.32. The monoisotopic (exact) mass is 690 g/mol. The van der Waals surface area contributed by atoms with Gasteiger partial charge in [-0.1, -0.05) is 65.7 Å². The summed E-state index contributed by atoms with van der Waals surface area (Å²) in [5, 5.41) is 12.2. The van der Waals surface area contributed by atoms with E-state index in [-0.39, 0.29) is 36.9 Å². The molecular formula is C35H32Cl2N4O7. The topological polar surface area (TPSA) is 137 Å². The van der Waals surface area contributed by atoms with Crippen LogP contribution in [0.2, 0.25) is 10.0 Å². The molecule has 0 radical (unpaired) electrons. The summed E-state index contributed by atoms with van der Waals surface area (Å²) in [6.07, 6.45) is 1.52. The lowest BCUT2D eigenvalue weighted by Gasteiger charge is -2.28. The number of carbonyl (C=O) groups is 3. The molecule has 4 aromatic rings. The fourth-order valence-corrected chi connectivity index (χ4v) is 5.40. The van der Waals surface area contributed by atoms with E-state index in [1.54, 1.807) is 44.2 Å². The van der Waals surface area contributed by atoms with Crippen LogP contribution in [0.25, 0.3) is 10.8 Å². The van der Waals surface area contributed by atoms with Gasteiger partial charge in [-0.15, -0.1) is 0 Å². The predicted octanol–water partition coefficient (Wildman–Crippen LogP) is 6.45. The summed E-state index contributed by atoms with van der Waals surface area (Å²) >= 11 is 12.2. The Hall–Kier alpha value is -5.26. The van der Waals surface area contributed by atoms with E-state index in [0.717, 1.165) is 16.3 Å². The average Bonchev–Trinajstić information content (AvgIpc) is 3.07. The standard InChI is InChI=1S/C35H32Cl2N4O7/c1-4-46-34(43)32-20(2)39-35(44)40-33(32)23-11-14-29(30(16-23)45-3)48-19-31(42)41-38-17-25-24-8-6-5-7-22(24)10-13-28(25)47-18-21-9-12-26(36)27(37)15-21/h5-17,33H,4,18-19H2,1-3H3,(H,41,42)(H2,39,40,44)/b38-17+/t33-/m0/s1. The number of fused-ring (bicyclic) bond motifs is 1. The van der Waals surface area contributed by atoms with Crippen LogP contribution in [-0.2, 0) is 20.9 Å². The number of nitrogens with zero attached hydrogens (tertiary/aromatic N) is 1. The van der Waals surface area contributed by atoms with Gasteiger partial charge in [0.15, 0.2) is 18.1 Å². The first kappa shape index (κ1) is 34.1. The zero-order chi connectivity index (χ0) is 34.2. The molecule has 3 N–H and O–H groups in total. The van der Waals surface area contributed by atoms with Gasteiger partial charge in [-0.2, -0.15) is 5.10 Å². The minimum Gasteiger partial charge on any atom is -0.493 e. The third-order valence-corrected chi connectivity index (χ3v) is 8.08. The van der Waals surface area contributed by atoms with E-state index in [4.69, 9.17) is 42.1 Å². The molecule has 11 nitrogen and oxygen atoms in total. The summed E-state index contributed by atoms with van der Waals surface area (Å²) in [6, 6.07) is 20.4.